The lowest BCUT2D eigenvalue weighted by Crippen LogP contribution is -2.26. The normalized spacial score (nSPS) is 9.13. The number of likely N-dealkylation sites (N-methyl/N-ethyl adjacent to an activating group) is 1. The van der Waals surface area contributed by atoms with E-state index in [1.807, 2.05) is 6.07 Å². The molecule has 2 N–H and O–H groups in total. The molecule has 4 nitrogen and oxygen atoms in total. The van der Waals surface area contributed by atoms with Gasteiger partial charge in [0.05, 0.1) is 28.9 Å². The quantitative estimate of drug-likeness (QED) is 0.814. The lowest BCUT2D eigenvalue weighted by Gasteiger charge is -2.07. The van der Waals surface area contributed by atoms with Gasteiger partial charge in [-0.15, -0.1) is 0 Å². The minimum absolute atomic E-state index is 0.129. The maximum absolute atomic E-state index is 11.0. The molecule has 0 spiro atoms. The van der Waals surface area contributed by atoms with E-state index in [1.165, 1.54) is 0 Å². The van der Waals surface area contributed by atoms with Crippen molar-refractivity contribution in [3.05, 3.63) is 28.8 Å². The van der Waals surface area contributed by atoms with Gasteiger partial charge in [0.25, 0.3) is 0 Å². The largest absolute Gasteiger partial charge is 0.375 e. The molecule has 1 aromatic carbocycles. The number of nitrogens with zero attached hydrogens (tertiary/aromatic N) is 1. The molecule has 0 unspecified atom stereocenters. The molecule has 0 radical (unpaired) electrons. The second kappa shape index (κ2) is 5.23. The number of nitrogens with one attached hydrogen (secondary N) is 2. The minimum Gasteiger partial charge on any atom is -0.375 e. The predicted octanol–water partition coefficient (Wildman–Crippen LogP) is 1.37. The summed E-state index contributed by atoms with van der Waals surface area (Å²) >= 11 is 5.89. The van der Waals surface area contributed by atoms with Crippen molar-refractivity contribution in [2.75, 3.05) is 18.9 Å². The van der Waals surface area contributed by atoms with Crippen molar-refractivity contribution in [3.8, 4) is 6.07 Å². The Morgan fingerprint density at radius 1 is 1.60 bits per heavy atom. The highest BCUT2D eigenvalue weighted by Crippen LogP contribution is 2.22. The Labute approximate surface area is 92.8 Å². The molecule has 0 fully saturated rings. The third-order valence-corrected chi connectivity index (χ3v) is 2.13. The molecule has 0 aliphatic rings. The zero-order valence-corrected chi connectivity index (χ0v) is 8.93. The van der Waals surface area contributed by atoms with Gasteiger partial charge in [-0.3, -0.25) is 4.79 Å². The van der Waals surface area contributed by atoms with Gasteiger partial charge in [0.2, 0.25) is 5.91 Å². The van der Waals surface area contributed by atoms with Gasteiger partial charge >= 0.3 is 0 Å². The van der Waals surface area contributed by atoms with Gasteiger partial charge < -0.3 is 10.6 Å². The third-order valence-electron chi connectivity index (χ3n) is 1.82. The van der Waals surface area contributed by atoms with Gasteiger partial charge in [-0.1, -0.05) is 11.6 Å². The molecule has 5 heteroatoms. The van der Waals surface area contributed by atoms with Crippen LogP contribution >= 0.6 is 11.6 Å². The van der Waals surface area contributed by atoms with Gasteiger partial charge in [-0.2, -0.15) is 5.26 Å². The monoisotopic (exact) mass is 223 g/mol. The zero-order chi connectivity index (χ0) is 11.3. The molecule has 0 aliphatic heterocycles. The van der Waals surface area contributed by atoms with Crippen LogP contribution in [-0.4, -0.2) is 19.5 Å². The minimum atomic E-state index is -0.129. The molecule has 0 saturated carbocycles. The van der Waals surface area contributed by atoms with E-state index in [1.54, 1.807) is 25.2 Å². The van der Waals surface area contributed by atoms with E-state index in [2.05, 4.69) is 10.6 Å². The third kappa shape index (κ3) is 3.15. The summed E-state index contributed by atoms with van der Waals surface area (Å²) in [7, 11) is 1.56. The molecule has 15 heavy (non-hydrogen) atoms. The van der Waals surface area contributed by atoms with Crippen molar-refractivity contribution in [2.45, 2.75) is 0 Å². The summed E-state index contributed by atoms with van der Waals surface area (Å²) in [5.41, 5.74) is 1.13. The van der Waals surface area contributed by atoms with Crippen LogP contribution in [0.1, 0.15) is 5.56 Å². The Bertz CT molecular complexity index is 412. The van der Waals surface area contributed by atoms with Crippen molar-refractivity contribution >= 4 is 23.2 Å². The predicted molar refractivity (Wildman–Crippen MR) is 58.7 cm³/mol. The molecular weight excluding hydrogens is 214 g/mol. The highest BCUT2D eigenvalue weighted by atomic mass is 35.5. The number of anilines is 1. The summed E-state index contributed by atoms with van der Waals surface area (Å²) < 4.78 is 0. The van der Waals surface area contributed by atoms with Crippen LogP contribution in [0, 0.1) is 11.3 Å². The van der Waals surface area contributed by atoms with Gasteiger partial charge in [0.1, 0.15) is 0 Å². The van der Waals surface area contributed by atoms with Gasteiger partial charge in [-0.05, 0) is 18.2 Å². The summed E-state index contributed by atoms with van der Waals surface area (Å²) in [4.78, 5) is 11.0. The molecular formula is C10H10ClN3O. The topological polar surface area (TPSA) is 64.9 Å². The summed E-state index contributed by atoms with van der Waals surface area (Å²) in [6.45, 7) is 0.155. The van der Waals surface area contributed by atoms with Crippen molar-refractivity contribution in [2.24, 2.45) is 0 Å². The molecule has 1 aromatic rings. The van der Waals surface area contributed by atoms with Crippen molar-refractivity contribution < 1.29 is 4.79 Å². The summed E-state index contributed by atoms with van der Waals surface area (Å²) in [5.74, 6) is -0.129. The van der Waals surface area contributed by atoms with Gasteiger partial charge in [0, 0.05) is 7.05 Å². The molecule has 1 amide bonds. The smallest absolute Gasteiger partial charge is 0.239 e. The zero-order valence-electron chi connectivity index (χ0n) is 8.17. The number of carbonyl (C=O) groups excluding carboxylic acids is 1. The van der Waals surface area contributed by atoms with E-state index in [9.17, 15) is 4.79 Å². The fraction of sp³-hybridized carbons (Fsp3) is 0.200. The lowest BCUT2D eigenvalue weighted by molar-refractivity contribution is -0.118. The Kier molecular flexibility index (Phi) is 3.95. The van der Waals surface area contributed by atoms with Crippen LogP contribution in [-0.2, 0) is 4.79 Å². The van der Waals surface area contributed by atoms with Crippen LogP contribution in [0.5, 0.6) is 0 Å². The summed E-state index contributed by atoms with van der Waals surface area (Å²) in [6, 6.07) is 6.84. The number of halogens is 1. The Hall–Kier alpha value is -1.73. The fourth-order valence-electron chi connectivity index (χ4n) is 0.992. The van der Waals surface area contributed by atoms with E-state index in [-0.39, 0.29) is 12.5 Å². The number of carbonyl (C=O) groups is 1. The first-order valence-corrected chi connectivity index (χ1v) is 4.69. The molecule has 0 heterocycles. The Morgan fingerprint density at radius 3 is 2.87 bits per heavy atom. The number of nitriles is 1. The second-order valence-electron chi connectivity index (χ2n) is 2.83. The van der Waals surface area contributed by atoms with Crippen LogP contribution in [0.3, 0.4) is 0 Å². The highest BCUT2D eigenvalue weighted by Gasteiger charge is 2.03. The Balaban J connectivity index is 2.71. The highest BCUT2D eigenvalue weighted by molar-refractivity contribution is 6.33. The van der Waals surface area contributed by atoms with Crippen molar-refractivity contribution in [1.29, 1.82) is 5.26 Å². The molecule has 0 aromatic heterocycles. The molecule has 0 bridgehead atoms. The van der Waals surface area contributed by atoms with Crippen LogP contribution in [0.15, 0.2) is 18.2 Å². The number of amides is 1. The SMILES string of the molecule is CNC(=O)CNc1ccc(C#N)cc1Cl. The van der Waals surface area contributed by atoms with Crippen LogP contribution in [0.4, 0.5) is 5.69 Å². The first kappa shape index (κ1) is 11.3. The standard InChI is InChI=1S/C10H10ClN3O/c1-13-10(15)6-14-9-3-2-7(5-12)4-8(9)11/h2-4,14H,6H2,1H3,(H,13,15). The number of benzene rings is 1. The average molecular weight is 224 g/mol. The van der Waals surface area contributed by atoms with E-state index < -0.39 is 0 Å². The maximum atomic E-state index is 11.0. The number of hydrogen-bond donors (Lipinski definition) is 2. The number of hydrogen-bond acceptors (Lipinski definition) is 3. The van der Waals surface area contributed by atoms with E-state index >= 15 is 0 Å². The van der Waals surface area contributed by atoms with Crippen LogP contribution in [0.2, 0.25) is 5.02 Å². The fourth-order valence-corrected chi connectivity index (χ4v) is 1.24. The molecule has 0 aliphatic carbocycles. The van der Waals surface area contributed by atoms with Crippen LogP contribution < -0.4 is 10.6 Å². The van der Waals surface area contributed by atoms with Crippen molar-refractivity contribution in [3.63, 3.8) is 0 Å². The second-order valence-corrected chi connectivity index (χ2v) is 3.24. The summed E-state index contributed by atoms with van der Waals surface area (Å²) in [6.07, 6.45) is 0. The molecule has 0 atom stereocenters. The van der Waals surface area contributed by atoms with E-state index in [4.69, 9.17) is 16.9 Å². The molecule has 1 rings (SSSR count). The molecule has 78 valence electrons. The summed E-state index contributed by atoms with van der Waals surface area (Å²) in [5, 5.41) is 14.4. The first-order valence-electron chi connectivity index (χ1n) is 4.31. The maximum Gasteiger partial charge on any atom is 0.239 e. The van der Waals surface area contributed by atoms with Gasteiger partial charge in [0.15, 0.2) is 0 Å². The van der Waals surface area contributed by atoms with Crippen LogP contribution in [0.25, 0.3) is 0 Å². The van der Waals surface area contributed by atoms with Crippen molar-refractivity contribution in [1.82, 2.24) is 5.32 Å². The van der Waals surface area contributed by atoms with E-state index in [0.29, 0.717) is 16.3 Å². The molecule has 0 saturated heterocycles. The van der Waals surface area contributed by atoms with E-state index in [0.717, 1.165) is 0 Å². The average Bonchev–Trinajstić information content (AvgIpc) is 2.26. The first-order chi connectivity index (χ1) is 7.17. The lowest BCUT2D eigenvalue weighted by atomic mass is 10.2. The number of rotatable bonds is 3. The van der Waals surface area contributed by atoms with Gasteiger partial charge in [-0.25, -0.2) is 0 Å². The Morgan fingerprint density at radius 2 is 2.33 bits per heavy atom.